The average Bonchev–Trinajstić information content (AvgIpc) is 3.73. The lowest BCUT2D eigenvalue weighted by atomic mass is 10.0. The lowest BCUT2D eigenvalue weighted by Crippen LogP contribution is -2.49. The number of rotatable bonds is 7. The second-order valence-corrected chi connectivity index (χ2v) is 12.0. The number of benzene rings is 3. The van der Waals surface area contributed by atoms with Gasteiger partial charge in [0.05, 0.1) is 46.3 Å². The summed E-state index contributed by atoms with van der Waals surface area (Å²) in [4.78, 5) is 11.9. The van der Waals surface area contributed by atoms with Gasteiger partial charge in [0.2, 0.25) is 5.91 Å². The van der Waals surface area contributed by atoms with Crippen molar-refractivity contribution in [3.8, 4) is 16.9 Å². The van der Waals surface area contributed by atoms with Crippen LogP contribution in [0, 0.1) is 11.2 Å². The maximum Gasteiger partial charge on any atom is 0.416 e. The molecule has 1 amide bonds. The fourth-order valence-electron chi connectivity index (χ4n) is 4.50. The molecular formula is C27H23ClF4N2O5S. The van der Waals surface area contributed by atoms with Crippen molar-refractivity contribution in [2.75, 3.05) is 24.0 Å². The number of sulfonamides is 1. The van der Waals surface area contributed by atoms with Crippen LogP contribution in [0.15, 0.2) is 65.6 Å². The number of carbonyl (C=O) groups excluding carboxylic acids is 1. The van der Waals surface area contributed by atoms with Crippen LogP contribution in [0.2, 0.25) is 5.02 Å². The molecule has 2 N–H and O–H groups in total. The summed E-state index contributed by atoms with van der Waals surface area (Å²) in [5.41, 5.74) is -1.37. The highest BCUT2D eigenvalue weighted by atomic mass is 35.5. The molecule has 7 nitrogen and oxygen atoms in total. The molecule has 1 heterocycles. The number of aliphatic hydroxyl groups excluding tert-OH is 1. The molecular weight excluding hydrogens is 576 g/mol. The molecule has 0 bridgehead atoms. The van der Waals surface area contributed by atoms with E-state index >= 15 is 0 Å². The molecule has 0 aromatic heterocycles. The Morgan fingerprint density at radius 3 is 2.52 bits per heavy atom. The van der Waals surface area contributed by atoms with E-state index in [1.165, 1.54) is 30.3 Å². The summed E-state index contributed by atoms with van der Waals surface area (Å²) in [6.07, 6.45) is -4.64. The Hall–Kier alpha value is -3.35. The van der Waals surface area contributed by atoms with E-state index in [9.17, 15) is 35.9 Å². The van der Waals surface area contributed by atoms with Crippen molar-refractivity contribution in [1.82, 2.24) is 5.32 Å². The van der Waals surface area contributed by atoms with E-state index in [0.717, 1.165) is 22.5 Å². The minimum absolute atomic E-state index is 0.00633. The second-order valence-electron chi connectivity index (χ2n) is 9.73. The highest BCUT2D eigenvalue weighted by Gasteiger charge is 2.49. The molecule has 2 aliphatic rings. The lowest BCUT2D eigenvalue weighted by molar-refractivity contribution is -0.137. The van der Waals surface area contributed by atoms with Crippen LogP contribution in [-0.2, 0) is 21.0 Å². The number of amides is 1. The van der Waals surface area contributed by atoms with Gasteiger partial charge in [-0.25, -0.2) is 12.8 Å². The number of hydrogen-bond acceptors (Lipinski definition) is 5. The number of carbonyl (C=O) groups is 1. The van der Waals surface area contributed by atoms with Gasteiger partial charge in [-0.3, -0.25) is 9.10 Å². The van der Waals surface area contributed by atoms with Crippen LogP contribution in [0.1, 0.15) is 18.4 Å². The highest BCUT2D eigenvalue weighted by Crippen LogP contribution is 2.45. The molecule has 1 unspecified atom stereocenters. The van der Waals surface area contributed by atoms with Gasteiger partial charge < -0.3 is 15.2 Å². The molecule has 40 heavy (non-hydrogen) atoms. The Morgan fingerprint density at radius 2 is 1.85 bits per heavy atom. The molecule has 3 aromatic carbocycles. The number of nitrogens with one attached hydrogen (secondary N) is 1. The summed E-state index contributed by atoms with van der Waals surface area (Å²) in [6, 6.07) is 11.9. The standard InChI is InChI=1S/C27H23ClF4N2O5S/c28-24-20(5-2-6-21(24)29)16-7-8-23-22(11-16)34(14-18(39-23)13-33-25(36)26(15-35)9-10-26)40(37,38)19-4-1-3-17(12-19)27(30,31)32/h1-8,11-12,18,35H,9-10,13-15H2,(H,33,36). The fourth-order valence-corrected chi connectivity index (χ4v) is 6.28. The van der Waals surface area contributed by atoms with Gasteiger partial charge >= 0.3 is 6.18 Å². The van der Waals surface area contributed by atoms with E-state index < -0.39 is 49.9 Å². The normalized spacial score (nSPS) is 18.1. The second kappa shape index (κ2) is 10.2. The van der Waals surface area contributed by atoms with Crippen molar-refractivity contribution in [2.45, 2.75) is 30.0 Å². The summed E-state index contributed by atoms with van der Waals surface area (Å²) in [5, 5.41) is 12.0. The average molecular weight is 599 g/mol. The summed E-state index contributed by atoms with van der Waals surface area (Å²) in [7, 11) is -4.57. The SMILES string of the molecule is O=C(NCC1CN(S(=O)(=O)c2cccc(C(F)(F)F)c2)c2cc(-c3cccc(F)c3Cl)ccc2O1)C1(CO)CC1. The summed E-state index contributed by atoms with van der Waals surface area (Å²) >= 11 is 6.14. The van der Waals surface area contributed by atoms with E-state index in [2.05, 4.69) is 5.32 Å². The van der Waals surface area contributed by atoms with Gasteiger partial charge in [0.25, 0.3) is 10.0 Å². The van der Waals surface area contributed by atoms with Gasteiger partial charge in [0.1, 0.15) is 17.7 Å². The Labute approximate surface area is 232 Å². The third kappa shape index (κ3) is 5.23. The number of halogens is 5. The molecule has 13 heteroatoms. The maximum atomic E-state index is 14.1. The largest absolute Gasteiger partial charge is 0.484 e. The van der Waals surface area contributed by atoms with Crippen molar-refractivity contribution in [2.24, 2.45) is 5.41 Å². The summed E-state index contributed by atoms with van der Waals surface area (Å²) in [6.45, 7) is -0.793. The third-order valence-corrected chi connectivity index (χ3v) is 9.19. The van der Waals surface area contributed by atoms with Crippen LogP contribution >= 0.6 is 11.6 Å². The van der Waals surface area contributed by atoms with Gasteiger partial charge in [-0.1, -0.05) is 35.9 Å². The number of alkyl halides is 3. The smallest absolute Gasteiger partial charge is 0.416 e. The van der Waals surface area contributed by atoms with Crippen molar-refractivity contribution in [3.05, 3.63) is 77.1 Å². The van der Waals surface area contributed by atoms with Crippen molar-refractivity contribution < 1.29 is 40.6 Å². The van der Waals surface area contributed by atoms with E-state index in [1.807, 2.05) is 0 Å². The predicted molar refractivity (Wildman–Crippen MR) is 139 cm³/mol. The quantitative estimate of drug-likeness (QED) is 0.373. The molecule has 3 aromatic rings. The molecule has 1 fully saturated rings. The zero-order valence-electron chi connectivity index (χ0n) is 20.7. The van der Waals surface area contributed by atoms with Crippen LogP contribution in [0.3, 0.4) is 0 Å². The highest BCUT2D eigenvalue weighted by molar-refractivity contribution is 7.92. The molecule has 1 aliphatic carbocycles. The molecule has 1 saturated carbocycles. The van der Waals surface area contributed by atoms with E-state index in [1.54, 1.807) is 6.07 Å². The molecule has 5 rings (SSSR count). The van der Waals surface area contributed by atoms with Crippen molar-refractivity contribution >= 4 is 33.2 Å². The molecule has 212 valence electrons. The van der Waals surface area contributed by atoms with E-state index in [4.69, 9.17) is 16.3 Å². The zero-order valence-corrected chi connectivity index (χ0v) is 22.3. The van der Waals surface area contributed by atoms with Gasteiger partial charge in [0.15, 0.2) is 0 Å². The first-order chi connectivity index (χ1) is 18.9. The van der Waals surface area contributed by atoms with Crippen LogP contribution in [0.5, 0.6) is 5.75 Å². The number of nitrogens with zero attached hydrogens (tertiary/aromatic N) is 1. The van der Waals surface area contributed by atoms with E-state index in [-0.39, 0.29) is 41.7 Å². The zero-order chi connectivity index (χ0) is 28.9. The Bertz CT molecular complexity index is 1580. The first-order valence-corrected chi connectivity index (χ1v) is 14.0. The van der Waals surface area contributed by atoms with Gasteiger partial charge in [-0.2, -0.15) is 13.2 Å². The topological polar surface area (TPSA) is 95.9 Å². The van der Waals surface area contributed by atoms with Crippen LogP contribution in [0.4, 0.5) is 23.2 Å². The summed E-state index contributed by atoms with van der Waals surface area (Å²) in [5.74, 6) is -0.998. The fraction of sp³-hybridized carbons (Fsp3) is 0.296. The first kappa shape index (κ1) is 28.2. The molecule has 0 radical (unpaired) electrons. The minimum atomic E-state index is -4.77. The first-order valence-electron chi connectivity index (χ1n) is 12.2. The predicted octanol–water partition coefficient (Wildman–Crippen LogP) is 5.01. The Kier molecular flexibility index (Phi) is 7.22. The van der Waals surface area contributed by atoms with Crippen LogP contribution in [0.25, 0.3) is 11.1 Å². The van der Waals surface area contributed by atoms with Gasteiger partial charge in [-0.05, 0) is 54.8 Å². The number of ether oxygens (including phenoxy) is 1. The summed E-state index contributed by atoms with van der Waals surface area (Å²) < 4.78 is 88.8. The minimum Gasteiger partial charge on any atom is -0.484 e. The number of hydrogen-bond donors (Lipinski definition) is 2. The maximum absolute atomic E-state index is 14.1. The van der Waals surface area contributed by atoms with Crippen molar-refractivity contribution in [1.29, 1.82) is 0 Å². The Balaban J connectivity index is 1.54. The molecule has 0 spiro atoms. The molecule has 0 saturated heterocycles. The lowest BCUT2D eigenvalue weighted by Gasteiger charge is -2.36. The number of anilines is 1. The third-order valence-electron chi connectivity index (χ3n) is 7.03. The van der Waals surface area contributed by atoms with Crippen LogP contribution < -0.4 is 14.4 Å². The van der Waals surface area contributed by atoms with E-state index in [0.29, 0.717) is 24.5 Å². The number of fused-ring (bicyclic) bond motifs is 1. The monoisotopic (exact) mass is 598 g/mol. The van der Waals surface area contributed by atoms with Gasteiger partial charge in [-0.15, -0.1) is 0 Å². The Morgan fingerprint density at radius 1 is 1.12 bits per heavy atom. The molecule has 1 aliphatic heterocycles. The van der Waals surface area contributed by atoms with Gasteiger partial charge in [0, 0.05) is 5.56 Å². The van der Waals surface area contributed by atoms with Crippen molar-refractivity contribution in [3.63, 3.8) is 0 Å². The van der Waals surface area contributed by atoms with Crippen LogP contribution in [-0.4, -0.2) is 45.2 Å². The number of aliphatic hydroxyl groups is 1. The molecule has 1 atom stereocenters.